The van der Waals surface area contributed by atoms with Crippen molar-refractivity contribution in [1.82, 2.24) is 9.13 Å². The minimum atomic E-state index is 0.306. The molecule has 21 heavy (non-hydrogen) atoms. The van der Waals surface area contributed by atoms with Crippen LogP contribution in [0.15, 0.2) is 37.4 Å². The van der Waals surface area contributed by atoms with E-state index in [-0.39, 0.29) is 0 Å². The smallest absolute Gasteiger partial charge is 0.236 e. The highest BCUT2D eigenvalue weighted by Gasteiger charge is 2.18. The molecule has 0 unspecified atom stereocenters. The van der Waals surface area contributed by atoms with Crippen molar-refractivity contribution in [3.63, 3.8) is 0 Å². The zero-order chi connectivity index (χ0) is 15.7. The molecule has 2 aromatic heterocycles. The lowest BCUT2D eigenvalue weighted by molar-refractivity contribution is -0.912. The summed E-state index contributed by atoms with van der Waals surface area (Å²) >= 11 is 0. The molecule has 0 saturated carbocycles. The first-order valence-electron chi connectivity index (χ1n) is 7.70. The minimum Gasteiger partial charge on any atom is -0.236 e. The Bertz CT molecular complexity index is 526. The van der Waals surface area contributed by atoms with Gasteiger partial charge in [0, 0.05) is 0 Å². The van der Waals surface area contributed by atoms with Gasteiger partial charge in [0.2, 0.25) is 19.3 Å². The largest absolute Gasteiger partial charge is 0.247 e. The summed E-state index contributed by atoms with van der Waals surface area (Å²) < 4.78 is 8.94. The van der Waals surface area contributed by atoms with Crippen LogP contribution in [-0.4, -0.2) is 9.13 Å². The van der Waals surface area contributed by atoms with Gasteiger partial charge in [0.1, 0.15) is 24.8 Å². The van der Waals surface area contributed by atoms with Gasteiger partial charge in [-0.2, -0.15) is 9.13 Å². The van der Waals surface area contributed by atoms with Gasteiger partial charge in [0.05, 0.1) is 13.1 Å². The van der Waals surface area contributed by atoms with Gasteiger partial charge < -0.3 is 0 Å². The minimum absolute atomic E-state index is 0.306. The van der Waals surface area contributed by atoms with Crippen LogP contribution in [0.4, 0.5) is 0 Å². The van der Waals surface area contributed by atoms with Gasteiger partial charge in [-0.05, 0) is 10.8 Å². The Morgan fingerprint density at radius 1 is 0.714 bits per heavy atom. The zero-order valence-electron chi connectivity index (χ0n) is 14.4. The molecule has 0 spiro atoms. The van der Waals surface area contributed by atoms with Crippen molar-refractivity contribution in [1.29, 1.82) is 0 Å². The summed E-state index contributed by atoms with van der Waals surface area (Å²) in [5.74, 6) is 0. The fraction of sp³-hybridized carbons (Fsp3) is 0.647. The van der Waals surface area contributed by atoms with Crippen LogP contribution in [0.5, 0.6) is 0 Å². The summed E-state index contributed by atoms with van der Waals surface area (Å²) in [5, 5.41) is 0. The van der Waals surface area contributed by atoms with Crippen molar-refractivity contribution in [3.8, 4) is 0 Å². The lowest BCUT2D eigenvalue weighted by Crippen LogP contribution is -2.49. The zero-order valence-corrected chi connectivity index (χ0v) is 14.4. The van der Waals surface area contributed by atoms with Crippen LogP contribution in [0, 0.1) is 10.8 Å². The molecule has 0 amide bonds. The first-order valence-corrected chi connectivity index (χ1v) is 7.70. The number of imidazole rings is 2. The van der Waals surface area contributed by atoms with E-state index in [4.69, 9.17) is 0 Å². The van der Waals surface area contributed by atoms with Gasteiger partial charge in [-0.15, -0.1) is 0 Å². The molecule has 2 heterocycles. The SMILES string of the molecule is CC(C)(C)Cn1cc[n+](C[n+]2ccn(CC(C)(C)C)c2)c1. The summed E-state index contributed by atoms with van der Waals surface area (Å²) in [4.78, 5) is 0. The Kier molecular flexibility index (Phi) is 4.26. The van der Waals surface area contributed by atoms with E-state index in [9.17, 15) is 0 Å². The van der Waals surface area contributed by atoms with Gasteiger partial charge >= 0.3 is 0 Å². The molecule has 4 nitrogen and oxygen atoms in total. The molecule has 0 bridgehead atoms. The molecule has 2 rings (SSSR count). The predicted octanol–water partition coefficient (Wildman–Crippen LogP) is 2.46. The van der Waals surface area contributed by atoms with Crippen LogP contribution in [0.3, 0.4) is 0 Å². The lowest BCUT2D eigenvalue weighted by Gasteiger charge is -2.14. The normalized spacial score (nSPS) is 12.9. The standard InChI is InChI=1S/C17H30N4/c1-16(2,3)11-18-7-9-20(13-18)15-21-10-8-19(14-21)12-17(4,5)6/h7-10,13-14H,11-12,15H2,1-6H3/q+2. The Morgan fingerprint density at radius 2 is 1.10 bits per heavy atom. The quantitative estimate of drug-likeness (QED) is 0.770. The third kappa shape index (κ3) is 5.37. The highest BCUT2D eigenvalue weighted by Crippen LogP contribution is 2.16. The van der Waals surface area contributed by atoms with Crippen LogP contribution < -0.4 is 9.13 Å². The van der Waals surface area contributed by atoms with Crippen molar-refractivity contribution >= 4 is 0 Å². The van der Waals surface area contributed by atoms with E-state index in [0.29, 0.717) is 10.8 Å². The molecule has 0 atom stereocenters. The van der Waals surface area contributed by atoms with E-state index in [1.807, 2.05) is 0 Å². The monoisotopic (exact) mass is 290 g/mol. The Hall–Kier alpha value is -1.58. The third-order valence-electron chi connectivity index (χ3n) is 3.13. The van der Waals surface area contributed by atoms with Crippen LogP contribution in [-0.2, 0) is 19.8 Å². The van der Waals surface area contributed by atoms with Crippen LogP contribution >= 0.6 is 0 Å². The van der Waals surface area contributed by atoms with E-state index in [2.05, 4.69) is 97.3 Å². The fourth-order valence-electron chi connectivity index (χ4n) is 2.52. The average molecular weight is 290 g/mol. The molecule has 0 radical (unpaired) electrons. The molecule has 0 aliphatic rings. The molecular formula is C17H30N4+2. The number of hydrogen-bond donors (Lipinski definition) is 0. The fourth-order valence-corrected chi connectivity index (χ4v) is 2.52. The van der Waals surface area contributed by atoms with Gasteiger partial charge in [-0.25, -0.2) is 9.13 Å². The summed E-state index contributed by atoms with van der Waals surface area (Å²) in [7, 11) is 0. The van der Waals surface area contributed by atoms with Crippen molar-refractivity contribution < 1.29 is 9.13 Å². The average Bonchev–Trinajstić information content (AvgIpc) is 2.85. The predicted molar refractivity (Wildman–Crippen MR) is 83.6 cm³/mol. The van der Waals surface area contributed by atoms with Gasteiger partial charge in [-0.1, -0.05) is 41.5 Å². The Labute approximate surface area is 128 Å². The van der Waals surface area contributed by atoms with Crippen molar-refractivity contribution in [2.75, 3.05) is 0 Å². The lowest BCUT2D eigenvalue weighted by atomic mass is 9.97. The molecule has 0 N–H and O–H groups in total. The maximum atomic E-state index is 2.26. The van der Waals surface area contributed by atoms with Gasteiger partial charge in [0.15, 0.2) is 0 Å². The summed E-state index contributed by atoms with van der Waals surface area (Å²) in [6, 6.07) is 0. The molecule has 2 aromatic rings. The molecule has 0 saturated heterocycles. The van der Waals surface area contributed by atoms with Gasteiger partial charge in [0.25, 0.3) is 0 Å². The molecule has 4 heteroatoms. The summed E-state index contributed by atoms with van der Waals surface area (Å²) in [6.07, 6.45) is 12.9. The summed E-state index contributed by atoms with van der Waals surface area (Å²) in [6.45, 7) is 16.5. The highest BCUT2D eigenvalue weighted by molar-refractivity contribution is 4.72. The first-order chi connectivity index (χ1) is 9.61. The molecule has 0 fully saturated rings. The molecular weight excluding hydrogens is 260 g/mol. The van der Waals surface area contributed by atoms with Crippen LogP contribution in [0.2, 0.25) is 0 Å². The highest BCUT2D eigenvalue weighted by atomic mass is 15.2. The Balaban J connectivity index is 1.99. The second-order valence-electron chi connectivity index (χ2n) is 8.46. The van der Waals surface area contributed by atoms with Crippen molar-refractivity contribution in [2.24, 2.45) is 10.8 Å². The van der Waals surface area contributed by atoms with E-state index in [1.54, 1.807) is 0 Å². The molecule has 116 valence electrons. The van der Waals surface area contributed by atoms with Crippen LogP contribution in [0.1, 0.15) is 41.5 Å². The van der Waals surface area contributed by atoms with E-state index < -0.39 is 0 Å². The molecule has 0 aliphatic carbocycles. The number of nitrogens with zero attached hydrogens (tertiary/aromatic N) is 4. The van der Waals surface area contributed by atoms with Gasteiger partial charge in [-0.3, -0.25) is 0 Å². The maximum Gasteiger partial charge on any atom is 0.247 e. The Morgan fingerprint density at radius 3 is 1.43 bits per heavy atom. The first kappa shape index (κ1) is 15.8. The van der Waals surface area contributed by atoms with E-state index in [1.165, 1.54) is 0 Å². The number of aromatic nitrogens is 4. The molecule has 0 aromatic carbocycles. The van der Waals surface area contributed by atoms with Crippen LogP contribution in [0.25, 0.3) is 0 Å². The number of hydrogen-bond acceptors (Lipinski definition) is 0. The van der Waals surface area contributed by atoms with E-state index >= 15 is 0 Å². The van der Waals surface area contributed by atoms with Crippen molar-refractivity contribution in [3.05, 3.63) is 37.4 Å². The second-order valence-corrected chi connectivity index (χ2v) is 8.46. The van der Waals surface area contributed by atoms with E-state index in [0.717, 1.165) is 19.8 Å². The van der Waals surface area contributed by atoms with Crippen molar-refractivity contribution in [2.45, 2.75) is 61.3 Å². The summed E-state index contributed by atoms with van der Waals surface area (Å²) in [5.41, 5.74) is 0.611. The second kappa shape index (κ2) is 5.66. The number of rotatable bonds is 4. The topological polar surface area (TPSA) is 17.6 Å². The molecule has 0 aliphatic heterocycles. The third-order valence-corrected chi connectivity index (χ3v) is 3.13. The maximum absolute atomic E-state index is 2.26.